The first-order valence-electron chi connectivity index (χ1n) is 5.52. The van der Waals surface area contributed by atoms with Gasteiger partial charge in [-0.2, -0.15) is 0 Å². The van der Waals surface area contributed by atoms with E-state index < -0.39 is 0 Å². The molecule has 2 rings (SSSR count). The molecular weight excluding hydrogens is 303 g/mol. The first-order chi connectivity index (χ1) is 9.43. The average molecular weight is 319 g/mol. The molecule has 1 aromatic rings. The summed E-state index contributed by atoms with van der Waals surface area (Å²) in [6.45, 7) is 3.35. The number of aliphatic hydroxyl groups excluding tert-OH is 1. The molecule has 1 aliphatic carbocycles. The van der Waals surface area contributed by atoms with Crippen LogP contribution in [0.2, 0.25) is 0 Å². The van der Waals surface area contributed by atoms with Gasteiger partial charge >= 0.3 is 32.3 Å². The van der Waals surface area contributed by atoms with Gasteiger partial charge in [0, 0.05) is 6.08 Å². The predicted octanol–water partition coefficient (Wildman–Crippen LogP) is 1.50. The van der Waals surface area contributed by atoms with Crippen molar-refractivity contribution in [2.24, 2.45) is 0 Å². The van der Waals surface area contributed by atoms with Crippen LogP contribution in [0.15, 0.2) is 40.2 Å². The molecule has 0 amide bonds. The van der Waals surface area contributed by atoms with Gasteiger partial charge in [-0.25, -0.2) is 0 Å². The van der Waals surface area contributed by atoms with Crippen LogP contribution in [0.25, 0.3) is 0 Å². The Bertz CT molecular complexity index is 585. The van der Waals surface area contributed by atoms with Crippen molar-refractivity contribution in [3.8, 4) is 5.75 Å². The molecule has 1 heterocycles. The number of ketones is 1. The summed E-state index contributed by atoms with van der Waals surface area (Å²) in [5.41, 5.74) is 0.661. The average Bonchev–Trinajstić information content (AvgIpc) is 2.45. The molecule has 0 radical (unpaired) electrons. The van der Waals surface area contributed by atoms with Crippen LogP contribution in [0.5, 0.6) is 5.75 Å². The second-order valence-corrected chi connectivity index (χ2v) is 3.83. The molecule has 0 bridgehead atoms. The van der Waals surface area contributed by atoms with E-state index in [4.69, 9.17) is 27.9 Å². The zero-order valence-electron chi connectivity index (χ0n) is 11.1. The van der Waals surface area contributed by atoms with Crippen LogP contribution < -0.4 is 5.43 Å². The Hall–Kier alpha value is -1.92. The summed E-state index contributed by atoms with van der Waals surface area (Å²) in [6.07, 6.45) is 5.35. The van der Waals surface area contributed by atoms with Gasteiger partial charge in [0.05, 0.1) is 6.07 Å². The van der Waals surface area contributed by atoms with Crippen LogP contribution in [0, 0.1) is 6.92 Å². The van der Waals surface area contributed by atoms with Gasteiger partial charge < -0.3 is 14.6 Å². The molecule has 1 aromatic heterocycles. The zero-order chi connectivity index (χ0) is 15.7. The van der Waals surface area contributed by atoms with Crippen molar-refractivity contribution in [2.45, 2.75) is 20.3 Å². The number of hydrogen-bond acceptors (Lipinski definition) is 4. The van der Waals surface area contributed by atoms with Crippen molar-refractivity contribution in [1.82, 2.24) is 0 Å². The number of rotatable bonds is 0. The van der Waals surface area contributed by atoms with Crippen molar-refractivity contribution in [2.75, 3.05) is 0 Å². The van der Waals surface area contributed by atoms with Gasteiger partial charge in [-0.15, -0.1) is 0 Å². The van der Waals surface area contributed by atoms with Crippen molar-refractivity contribution < 1.29 is 45.3 Å². The second-order valence-electron chi connectivity index (χ2n) is 3.83. The Balaban J connectivity index is 0.000000321. The Labute approximate surface area is 124 Å². The third-order valence-electron chi connectivity index (χ3n) is 2.39. The Morgan fingerprint density at radius 1 is 1.25 bits per heavy atom. The summed E-state index contributed by atoms with van der Waals surface area (Å²) in [4.78, 5) is 17.7. The van der Waals surface area contributed by atoms with E-state index in [0.717, 1.165) is 29.4 Å². The maximum absolute atomic E-state index is 8.99. The number of carbonyl (C=O) groups excluding carboxylic acids is 1. The molecular formula is C13H16O6V+2. The molecule has 1 aliphatic rings. The van der Waals surface area contributed by atoms with Crippen LogP contribution in [-0.2, 0) is 21.0 Å². The van der Waals surface area contributed by atoms with Crippen molar-refractivity contribution >= 4 is 5.78 Å². The van der Waals surface area contributed by atoms with E-state index in [-0.39, 0.29) is 22.7 Å². The van der Waals surface area contributed by atoms with Crippen LogP contribution in [0.4, 0.5) is 0 Å². The number of aliphatic hydroxyl groups is 1. The number of allylic oxidation sites excluding steroid dienone is 3. The van der Waals surface area contributed by atoms with Crippen LogP contribution in [-0.4, -0.2) is 25.6 Å². The molecule has 4 N–H and O–H groups in total. The Morgan fingerprint density at radius 3 is 2.25 bits per heavy atom. The van der Waals surface area contributed by atoms with Crippen molar-refractivity contribution in [3.05, 3.63) is 47.0 Å². The first-order valence-corrected chi connectivity index (χ1v) is 6.09. The third-order valence-corrected chi connectivity index (χ3v) is 2.39. The Kier molecular flexibility index (Phi) is 8.19. The molecule has 107 valence electrons. The van der Waals surface area contributed by atoms with Crippen LogP contribution >= 0.6 is 0 Å². The minimum absolute atomic E-state index is 0.0255. The fourth-order valence-corrected chi connectivity index (χ4v) is 1.26. The van der Waals surface area contributed by atoms with E-state index in [1.807, 2.05) is 6.08 Å². The van der Waals surface area contributed by atoms with Crippen molar-refractivity contribution in [3.63, 3.8) is 0 Å². The van der Waals surface area contributed by atoms with E-state index >= 15 is 0 Å². The molecule has 0 spiro atoms. The normalized spacial score (nSPS) is 12.9. The summed E-state index contributed by atoms with van der Waals surface area (Å²) in [7, 11) is 0. The standard InChI is InChI=1S/C7H8O2.C6H6O3.O.V/c1-5-3-2-4-6(8)7(5)9;1-4-6(8)5(7)2-3-9-4;;/h2,4,9H,3H2,1H3;2-3,8H,1H3;;/p+2. The van der Waals surface area contributed by atoms with Gasteiger partial charge in [-0.1, -0.05) is 6.08 Å². The van der Waals surface area contributed by atoms with Crippen LogP contribution in [0.1, 0.15) is 19.1 Å². The van der Waals surface area contributed by atoms with E-state index in [1.54, 1.807) is 13.8 Å². The van der Waals surface area contributed by atoms with E-state index in [9.17, 15) is 0 Å². The van der Waals surface area contributed by atoms with Gasteiger partial charge in [0.1, 0.15) is 6.26 Å². The number of hydrogen-bond donors (Lipinski definition) is 2. The summed E-state index contributed by atoms with van der Waals surface area (Å²) in [5, 5.41) is 17.9. The molecule has 6 nitrogen and oxygen atoms in total. The summed E-state index contributed by atoms with van der Waals surface area (Å²) >= 11 is 1.06. The molecule has 0 unspecified atom stereocenters. The number of aromatic hydroxyl groups is 1. The molecule has 0 aliphatic heterocycles. The predicted molar refractivity (Wildman–Crippen MR) is 66.9 cm³/mol. The third kappa shape index (κ3) is 5.38. The summed E-state index contributed by atoms with van der Waals surface area (Å²) in [6, 6.07) is 1.28. The molecule has 20 heavy (non-hydrogen) atoms. The number of aryl methyl sites for hydroxylation is 1. The van der Waals surface area contributed by atoms with Gasteiger partial charge in [0.25, 0.3) is 5.75 Å². The van der Waals surface area contributed by atoms with Gasteiger partial charge in [-0.05, 0) is 25.8 Å². The molecule has 0 aromatic carbocycles. The summed E-state index contributed by atoms with van der Waals surface area (Å²) < 4.78 is 12.9. The van der Waals surface area contributed by atoms with Crippen LogP contribution in [0.3, 0.4) is 0 Å². The van der Waals surface area contributed by atoms with Crippen molar-refractivity contribution in [1.29, 1.82) is 0 Å². The molecule has 0 saturated heterocycles. The molecule has 0 fully saturated rings. The van der Waals surface area contributed by atoms with Gasteiger partial charge in [0.15, 0.2) is 5.76 Å². The first kappa shape index (κ1) is 18.1. The Morgan fingerprint density at radius 2 is 1.85 bits per heavy atom. The molecule has 0 atom stereocenters. The zero-order valence-corrected chi connectivity index (χ0v) is 12.5. The molecule has 7 heteroatoms. The van der Waals surface area contributed by atoms with Gasteiger partial charge in [0.2, 0.25) is 5.76 Å². The van der Waals surface area contributed by atoms with E-state index in [0.29, 0.717) is 5.76 Å². The maximum atomic E-state index is 8.99. The fraction of sp³-hybridized carbons (Fsp3) is 0.231. The van der Waals surface area contributed by atoms with E-state index in [1.165, 1.54) is 18.4 Å². The monoisotopic (exact) mass is 319 g/mol. The quantitative estimate of drug-likeness (QED) is 0.705. The minimum atomic E-state index is -0.197. The SMILES string of the molecule is CC1=C(O)C(=[OH+])C=CC1.Cc1occc(=[OH+])c1O.[O]=[V]. The summed E-state index contributed by atoms with van der Waals surface area (Å²) in [5.74, 6) is 0.115. The fourth-order valence-electron chi connectivity index (χ4n) is 1.26. The van der Waals surface area contributed by atoms with E-state index in [2.05, 4.69) is 0 Å². The molecule has 0 saturated carbocycles. The topological polar surface area (TPSA) is 113 Å². The van der Waals surface area contributed by atoms with Gasteiger partial charge in [-0.3, -0.25) is 9.59 Å². The second kappa shape index (κ2) is 9.06.